The molecular formula is C23H26N2O4. The van der Waals surface area contributed by atoms with E-state index in [4.69, 9.17) is 9.47 Å². The average Bonchev–Trinajstić information content (AvgIpc) is 3.57. The lowest BCUT2D eigenvalue weighted by Crippen LogP contribution is -2.34. The molecule has 2 amide bonds. The third-order valence-electron chi connectivity index (χ3n) is 5.22. The molecule has 1 fully saturated rings. The molecule has 1 aliphatic carbocycles. The van der Waals surface area contributed by atoms with Gasteiger partial charge in [0, 0.05) is 13.0 Å². The summed E-state index contributed by atoms with van der Waals surface area (Å²) >= 11 is 0. The lowest BCUT2D eigenvalue weighted by molar-refractivity contribution is -0.122. The molecule has 2 aliphatic rings. The summed E-state index contributed by atoms with van der Waals surface area (Å²) in [5.41, 5.74) is 2.00. The first kappa shape index (κ1) is 19.3. The second-order valence-corrected chi connectivity index (χ2v) is 7.55. The molecule has 6 heteroatoms. The van der Waals surface area contributed by atoms with Crippen LogP contribution in [-0.4, -0.2) is 31.6 Å². The highest BCUT2D eigenvalue weighted by Crippen LogP contribution is 2.43. The fourth-order valence-electron chi connectivity index (χ4n) is 3.56. The zero-order valence-corrected chi connectivity index (χ0v) is 16.4. The summed E-state index contributed by atoms with van der Waals surface area (Å²) in [7, 11) is 0. The van der Waals surface area contributed by atoms with Gasteiger partial charge in [0.05, 0.1) is 12.5 Å². The van der Waals surface area contributed by atoms with E-state index < -0.39 is 0 Å². The Morgan fingerprint density at radius 3 is 2.48 bits per heavy atom. The molecule has 1 heterocycles. The normalized spacial score (nSPS) is 16.0. The van der Waals surface area contributed by atoms with Crippen molar-refractivity contribution in [1.29, 1.82) is 0 Å². The monoisotopic (exact) mass is 394 g/mol. The number of benzene rings is 2. The van der Waals surface area contributed by atoms with Crippen molar-refractivity contribution in [3.8, 4) is 11.5 Å². The third kappa shape index (κ3) is 5.28. The van der Waals surface area contributed by atoms with Gasteiger partial charge >= 0.3 is 0 Å². The van der Waals surface area contributed by atoms with Crippen molar-refractivity contribution >= 4 is 11.8 Å². The van der Waals surface area contributed by atoms with Crippen molar-refractivity contribution in [3.05, 3.63) is 59.7 Å². The molecular weight excluding hydrogens is 368 g/mol. The largest absolute Gasteiger partial charge is 0.486 e. The highest BCUT2D eigenvalue weighted by atomic mass is 16.6. The van der Waals surface area contributed by atoms with Crippen molar-refractivity contribution in [2.24, 2.45) is 5.92 Å². The molecule has 1 aliphatic heterocycles. The molecule has 2 N–H and O–H groups in total. The molecule has 0 aromatic heterocycles. The zero-order chi connectivity index (χ0) is 20.1. The third-order valence-corrected chi connectivity index (χ3v) is 5.22. The first-order valence-corrected chi connectivity index (χ1v) is 10.2. The van der Waals surface area contributed by atoms with Gasteiger partial charge in [0.15, 0.2) is 11.5 Å². The predicted molar refractivity (Wildman–Crippen MR) is 109 cm³/mol. The number of fused-ring (bicyclic) bond motifs is 1. The van der Waals surface area contributed by atoms with Gasteiger partial charge in [0.2, 0.25) is 11.8 Å². The molecule has 1 saturated carbocycles. The Morgan fingerprint density at radius 2 is 1.72 bits per heavy atom. The van der Waals surface area contributed by atoms with E-state index in [0.29, 0.717) is 32.1 Å². The highest BCUT2D eigenvalue weighted by molar-refractivity contribution is 5.80. The first-order valence-electron chi connectivity index (χ1n) is 10.2. The van der Waals surface area contributed by atoms with Crippen LogP contribution in [0.3, 0.4) is 0 Å². The van der Waals surface area contributed by atoms with Gasteiger partial charge in [-0.2, -0.15) is 0 Å². The summed E-state index contributed by atoms with van der Waals surface area (Å²) in [6, 6.07) is 15.4. The maximum Gasteiger partial charge on any atom is 0.224 e. The number of carbonyl (C=O) groups excluding carboxylic acids is 2. The molecule has 2 aromatic carbocycles. The maximum atomic E-state index is 12.5. The molecule has 6 nitrogen and oxygen atoms in total. The van der Waals surface area contributed by atoms with Crippen LogP contribution < -0.4 is 20.1 Å². The minimum absolute atomic E-state index is 0.0293. The SMILES string of the molecule is O=C(Cc1ccccc1)NCCC(=O)NC(c1ccc2c(c1)OCCO2)C1CC1. The van der Waals surface area contributed by atoms with E-state index in [9.17, 15) is 9.59 Å². The predicted octanol–water partition coefficient (Wildman–Crippen LogP) is 2.77. The van der Waals surface area contributed by atoms with E-state index in [-0.39, 0.29) is 24.3 Å². The van der Waals surface area contributed by atoms with E-state index in [2.05, 4.69) is 10.6 Å². The van der Waals surface area contributed by atoms with Gasteiger partial charge in [0.25, 0.3) is 0 Å². The summed E-state index contributed by atoms with van der Waals surface area (Å²) in [5.74, 6) is 1.81. The van der Waals surface area contributed by atoms with Crippen LogP contribution in [0.15, 0.2) is 48.5 Å². The molecule has 0 radical (unpaired) electrons. The van der Waals surface area contributed by atoms with Crippen LogP contribution in [0.2, 0.25) is 0 Å². The standard InChI is InChI=1S/C23H26N2O4/c26-21(10-11-24-22(27)14-16-4-2-1-3-5-16)25-23(17-6-7-17)18-8-9-19-20(15-18)29-13-12-28-19/h1-5,8-9,15,17,23H,6-7,10-14H2,(H,24,27)(H,25,26). The number of rotatable bonds is 8. The van der Waals surface area contributed by atoms with Crippen LogP contribution in [0.4, 0.5) is 0 Å². The Labute approximate surface area is 170 Å². The fraction of sp³-hybridized carbons (Fsp3) is 0.391. The van der Waals surface area contributed by atoms with E-state index in [1.807, 2.05) is 48.5 Å². The van der Waals surface area contributed by atoms with Gasteiger partial charge in [-0.05, 0) is 42.0 Å². The van der Waals surface area contributed by atoms with Crippen LogP contribution in [-0.2, 0) is 16.0 Å². The Bertz CT molecular complexity index is 864. The number of amides is 2. The topological polar surface area (TPSA) is 76.7 Å². The van der Waals surface area contributed by atoms with E-state index in [1.165, 1.54) is 0 Å². The number of carbonyl (C=O) groups is 2. The Morgan fingerprint density at radius 1 is 0.966 bits per heavy atom. The minimum Gasteiger partial charge on any atom is -0.486 e. The summed E-state index contributed by atoms with van der Waals surface area (Å²) in [6.45, 7) is 1.43. The lowest BCUT2D eigenvalue weighted by atomic mass is 10.0. The quantitative estimate of drug-likeness (QED) is 0.722. The Hall–Kier alpha value is -3.02. The van der Waals surface area contributed by atoms with Crippen molar-refractivity contribution < 1.29 is 19.1 Å². The summed E-state index contributed by atoms with van der Waals surface area (Å²) in [4.78, 5) is 24.5. The van der Waals surface area contributed by atoms with Crippen LogP contribution in [0.25, 0.3) is 0 Å². The smallest absolute Gasteiger partial charge is 0.224 e. The van der Waals surface area contributed by atoms with Crippen LogP contribution in [0, 0.1) is 5.92 Å². The van der Waals surface area contributed by atoms with Gasteiger partial charge in [0.1, 0.15) is 13.2 Å². The summed E-state index contributed by atoms with van der Waals surface area (Å²) < 4.78 is 11.3. The second-order valence-electron chi connectivity index (χ2n) is 7.55. The van der Waals surface area contributed by atoms with Crippen LogP contribution in [0.1, 0.15) is 36.4 Å². The summed E-state index contributed by atoms with van der Waals surface area (Å²) in [5, 5.41) is 5.96. The van der Waals surface area contributed by atoms with Crippen molar-refractivity contribution in [1.82, 2.24) is 10.6 Å². The van der Waals surface area contributed by atoms with Crippen molar-refractivity contribution in [2.75, 3.05) is 19.8 Å². The van der Waals surface area contributed by atoms with Gasteiger partial charge < -0.3 is 20.1 Å². The maximum absolute atomic E-state index is 12.5. The molecule has 0 bridgehead atoms. The Kier molecular flexibility index (Phi) is 5.98. The second kappa shape index (κ2) is 8.99. The highest BCUT2D eigenvalue weighted by Gasteiger charge is 2.34. The van der Waals surface area contributed by atoms with Crippen molar-refractivity contribution in [3.63, 3.8) is 0 Å². The van der Waals surface area contributed by atoms with Gasteiger partial charge in [-0.3, -0.25) is 9.59 Å². The van der Waals surface area contributed by atoms with Crippen molar-refractivity contribution in [2.45, 2.75) is 31.7 Å². The molecule has 29 heavy (non-hydrogen) atoms. The van der Waals surface area contributed by atoms with Crippen LogP contribution >= 0.6 is 0 Å². The summed E-state index contributed by atoms with van der Waals surface area (Å²) in [6.07, 6.45) is 2.79. The number of ether oxygens (including phenoxy) is 2. The lowest BCUT2D eigenvalue weighted by Gasteiger charge is -2.23. The molecule has 0 saturated heterocycles. The van der Waals surface area contributed by atoms with E-state index in [1.54, 1.807) is 0 Å². The number of nitrogens with one attached hydrogen (secondary N) is 2. The van der Waals surface area contributed by atoms with Gasteiger partial charge in [-0.25, -0.2) is 0 Å². The van der Waals surface area contributed by atoms with Crippen LogP contribution in [0.5, 0.6) is 11.5 Å². The van der Waals surface area contributed by atoms with E-state index in [0.717, 1.165) is 35.5 Å². The number of hydrogen-bond donors (Lipinski definition) is 2. The molecule has 2 aromatic rings. The first-order chi connectivity index (χ1) is 14.2. The van der Waals surface area contributed by atoms with Gasteiger partial charge in [-0.15, -0.1) is 0 Å². The average molecular weight is 394 g/mol. The Balaban J connectivity index is 1.28. The number of hydrogen-bond acceptors (Lipinski definition) is 4. The molecule has 1 unspecified atom stereocenters. The molecule has 152 valence electrons. The fourth-order valence-corrected chi connectivity index (χ4v) is 3.56. The minimum atomic E-state index is -0.0745. The molecule has 4 rings (SSSR count). The zero-order valence-electron chi connectivity index (χ0n) is 16.4. The molecule has 0 spiro atoms. The molecule has 1 atom stereocenters. The van der Waals surface area contributed by atoms with Gasteiger partial charge in [-0.1, -0.05) is 36.4 Å². The van der Waals surface area contributed by atoms with E-state index >= 15 is 0 Å².